The van der Waals surface area contributed by atoms with Crippen molar-refractivity contribution < 1.29 is 149 Å². The monoisotopic (exact) mass is 2060 g/mol. The van der Waals surface area contributed by atoms with E-state index in [1.54, 1.807) is 192 Å². The van der Waals surface area contributed by atoms with Gasteiger partial charge in [-0.2, -0.15) is 0 Å². The quantitative estimate of drug-likeness (QED) is 0.00276. The Morgan fingerprint density at radius 2 is 0.766 bits per heavy atom. The van der Waals surface area contributed by atoms with Crippen molar-refractivity contribution in [3.05, 3.63) is 300 Å². The molecule has 145 heavy (non-hydrogen) atoms. The minimum atomic E-state index is -3.27. The summed E-state index contributed by atoms with van der Waals surface area (Å²) < 4.78 is 212. The first-order valence-corrected chi connectivity index (χ1v) is 44.3. The second kappa shape index (κ2) is 70.7. The number of anilines is 6. The van der Waals surface area contributed by atoms with Crippen molar-refractivity contribution in [3.63, 3.8) is 0 Å². The average molecular weight is 2070 g/mol. The zero-order chi connectivity index (χ0) is 130. The van der Waals surface area contributed by atoms with Crippen molar-refractivity contribution in [2.75, 3.05) is 32.3 Å². The molecule has 2 atom stereocenters. The van der Waals surface area contributed by atoms with E-state index in [4.69, 9.17) is 72.7 Å². The number of hydrogen-bond donors (Lipinski definition) is 7. The first kappa shape index (κ1) is 92.5. The summed E-state index contributed by atoms with van der Waals surface area (Å²) in [5.41, 5.74) is 7.21. The van der Waals surface area contributed by atoms with Gasteiger partial charge < -0.3 is 56.4 Å². The van der Waals surface area contributed by atoms with Crippen molar-refractivity contribution in [1.29, 1.82) is 0 Å². The Balaban J connectivity index is 0. The van der Waals surface area contributed by atoms with Gasteiger partial charge in [0.2, 0.25) is 40.0 Å². The maximum atomic E-state index is 13.5. The second-order valence-electron chi connectivity index (χ2n) is 32.6. The summed E-state index contributed by atoms with van der Waals surface area (Å²) >= 11 is 9.78. The Bertz CT molecular complexity index is 6740. The van der Waals surface area contributed by atoms with Crippen LogP contribution in [0.25, 0.3) is 0 Å². The maximum absolute atomic E-state index is 13.5. The Morgan fingerprint density at radius 3 is 1.08 bits per heavy atom. The highest BCUT2D eigenvalue weighted by Crippen LogP contribution is 2.34. The third-order valence-corrected chi connectivity index (χ3v) is 18.0. The molecule has 0 aromatic heterocycles. The number of carbonyl (C=O) groups is 18. The fourth-order valence-corrected chi connectivity index (χ4v) is 9.93. The topological polar surface area (TPSA) is 451 Å². The van der Waals surface area contributed by atoms with Crippen LogP contribution in [-0.2, 0) is 95.7 Å². The van der Waals surface area contributed by atoms with Gasteiger partial charge in [0.15, 0.2) is 11.4 Å². The van der Waals surface area contributed by atoms with Gasteiger partial charge in [-0.3, -0.25) is 76.7 Å². The average Bonchev–Trinajstić information content (AvgIpc) is 0.756. The number of benzene rings is 9. The molecular formula is C113H141Cl2FN6O23. The molecule has 29 nitrogen and oxygen atoms in total. The van der Waals surface area contributed by atoms with Crippen LogP contribution >= 0.6 is 23.2 Å². The van der Waals surface area contributed by atoms with Gasteiger partial charge in [-0.05, 0) is 126 Å². The Hall–Kier alpha value is -14.9. The minimum absolute atomic E-state index is 0. The van der Waals surface area contributed by atoms with Gasteiger partial charge in [0, 0.05) is 134 Å². The minimum Gasteiger partial charge on any atom is -0.511 e. The SMILES string of the molecule is C.C.CC(C)C(=O)C(C(=O)Nc1ccccc1)C(C(=O)c1ccc(F)cc1)c1ccccc1.CC(C)C(=O)CC(=O)Nc1ccccc1.CC(C)C(=O)CC(=O)Nc1ccccc1.CC(C)C(=O)Cl.CC(C)C(O)=C1C(=O)OC(C)(C)OC1=O.CC1(C)OC(=O)CC(=O)O1.[2H]C(C)(C)C(=O)C([2H])([2H])C(=O)Nc1ccccc1.[2H]C([2H])([2H])C([2H])(C(=O)Cl)C([2H])([2H])[2H].[2H]c1c([2H])c([2H])c(C=O)c([2H])c1[2H].[2H]c1c([2H])c([2H])c(N)c([2H])c1[2H].[2H]c1c([2H])c([2H])c(NC(=O)CC(=O)C(C)C)c([2H])c1[2H]. The van der Waals surface area contributed by atoms with Crippen LogP contribution in [-0.4, -0.2) is 122 Å². The molecule has 2 fully saturated rings. The summed E-state index contributed by atoms with van der Waals surface area (Å²) in [7, 11) is 0. The number of ether oxygens (including phenoxy) is 4. The highest BCUT2D eigenvalue weighted by Gasteiger charge is 2.43. The van der Waals surface area contributed by atoms with E-state index >= 15 is 0 Å². The van der Waals surface area contributed by atoms with Crippen LogP contribution in [0.3, 0.4) is 0 Å². The largest absolute Gasteiger partial charge is 0.511 e. The lowest BCUT2D eigenvalue weighted by Gasteiger charge is -2.30. The number of esters is 4. The summed E-state index contributed by atoms with van der Waals surface area (Å²) in [6.07, 6.45) is -3.22. The van der Waals surface area contributed by atoms with Gasteiger partial charge >= 0.3 is 23.9 Å². The van der Waals surface area contributed by atoms with E-state index in [1.165, 1.54) is 65.8 Å². The van der Waals surface area contributed by atoms with E-state index in [-0.39, 0.29) is 157 Å². The zero-order valence-corrected chi connectivity index (χ0v) is 83.4. The predicted molar refractivity (Wildman–Crippen MR) is 566 cm³/mol. The van der Waals surface area contributed by atoms with Crippen molar-refractivity contribution in [3.8, 4) is 0 Å². The summed E-state index contributed by atoms with van der Waals surface area (Å²) in [5.74, 6) is -19.3. The summed E-state index contributed by atoms with van der Waals surface area (Å²) in [4.78, 5) is 207. The van der Waals surface area contributed by atoms with Crippen LogP contribution in [0.2, 0.25) is 0 Å². The molecule has 2 aliphatic rings. The number of para-hydroxylation sites is 6. The summed E-state index contributed by atoms with van der Waals surface area (Å²) in [5, 5.41) is 20.2. The smallest absolute Gasteiger partial charge is 0.352 e. The van der Waals surface area contributed by atoms with Gasteiger partial charge in [-0.15, -0.1) is 0 Å². The molecule has 2 unspecified atom stereocenters. The number of rotatable bonds is 28. The summed E-state index contributed by atoms with van der Waals surface area (Å²) in [6.45, 7) is 22.6. The number of nitrogens with two attached hydrogens (primary N) is 1. The first-order chi connectivity index (χ1) is 77.2. The number of aliphatic hydroxyl groups is 1. The number of halogens is 3. The number of cyclic esters (lactones) is 4. The highest BCUT2D eigenvalue weighted by atomic mass is 35.5. The molecule has 0 radical (unpaired) electrons. The van der Waals surface area contributed by atoms with Gasteiger partial charge in [0.25, 0.3) is 11.6 Å². The van der Waals surface area contributed by atoms with E-state index in [0.717, 1.165) is 11.4 Å². The number of hydrogen-bond acceptors (Lipinski definition) is 24. The number of Topliss-reactive ketones (excluding diaryl/α,β-unsaturated/α-hetero) is 6. The van der Waals surface area contributed by atoms with Crippen molar-refractivity contribution >= 4 is 162 Å². The lowest BCUT2D eigenvalue weighted by Crippen LogP contribution is -2.42. The fourth-order valence-electron chi connectivity index (χ4n) is 9.93. The van der Waals surface area contributed by atoms with Crippen molar-refractivity contribution in [2.24, 2.45) is 53.2 Å². The molecule has 0 bridgehead atoms. The lowest BCUT2D eigenvalue weighted by molar-refractivity contribution is -0.231. The zero-order valence-electron chi connectivity index (χ0n) is 107. The van der Waals surface area contributed by atoms with Crippen LogP contribution in [0.4, 0.5) is 38.5 Å². The van der Waals surface area contributed by atoms with Crippen LogP contribution in [0.15, 0.2) is 278 Å². The van der Waals surface area contributed by atoms with E-state index in [2.05, 4.69) is 36.1 Å². The van der Waals surface area contributed by atoms with Gasteiger partial charge in [-0.1, -0.05) is 295 Å². The Kier molecular flexibility index (Phi) is 45.1. The molecule has 782 valence electrons. The van der Waals surface area contributed by atoms with Crippen LogP contribution in [0, 0.1) is 59.0 Å². The number of aldehydes is 1. The number of allylic oxidation sites excluding steroid dienone is 1. The van der Waals surface area contributed by atoms with E-state index < -0.39 is 210 Å². The molecule has 11 rings (SSSR count). The van der Waals surface area contributed by atoms with Crippen molar-refractivity contribution in [2.45, 2.75) is 203 Å². The number of amides is 5. The van der Waals surface area contributed by atoms with Crippen LogP contribution < -0.4 is 32.3 Å². The maximum Gasteiger partial charge on any atom is 0.352 e. The first-order valence-electron chi connectivity index (χ1n) is 56.1. The normalized spacial score (nSPS) is 15.1. The highest BCUT2D eigenvalue weighted by molar-refractivity contribution is 6.64. The molecule has 0 saturated carbocycles. The van der Waals surface area contributed by atoms with Crippen molar-refractivity contribution in [1.82, 2.24) is 0 Å². The molecule has 32 heteroatoms. The van der Waals surface area contributed by atoms with Gasteiger partial charge in [-0.25, -0.2) is 14.0 Å². The third kappa shape index (κ3) is 58.3. The second-order valence-corrected chi connectivity index (χ2v) is 33.3. The molecule has 0 spiro atoms. The number of carbonyl (C=O) groups excluding carboxylic acids is 18. The van der Waals surface area contributed by atoms with Gasteiger partial charge in [0.05, 0.1) is 52.1 Å². The molecule has 2 heterocycles. The Morgan fingerprint density at radius 1 is 0.434 bits per heavy atom. The molecule has 8 N–H and O–H groups in total. The standard InChI is InChI=1S/C26H24FNO3.4C12H15NO2.C10H14O5.C7H6O.C6H7N.C6H8O4.2C4H7ClO.2CH4/c1-17(2)24(29)23(26(31)28-21-11-7-4-8-12-21)22(18-9-5-3-6-10-18)25(30)19-13-15-20(27)16-14-19;4*1-9(2)11(14)8-12(15)13-10-6-4-3-5-7-10;1-5(2)7(11)6-8(12)14-10(3,4)15-9(6)13;8-6-7-4-2-1-3-5-7;7-6-4-2-1-3-5-6;1-6(2)9-4(7)3-5(8)10-6;2*1-3(2)4(5)6;;/h3-17,22-23H,1-2H3,(H,28,31);4*3-7,9H,8H2,1-2H3,(H,13,15);5,11H,1-4H3;1-6H;1-5H,7H2;3H2,1-2H3;2*3H,1-2H3;2*1H4/i;3D,4D,5D,6D,7D;8D2,9D;;;;2*1D,2D,3D,4D,5D;;1D3,2D3,3D;;;. The van der Waals surface area contributed by atoms with E-state index in [9.17, 15) is 95.8 Å². The molecule has 2 aliphatic heterocycles. The number of nitrogen functional groups attached to an aromatic ring is 1. The number of ketones is 6. The van der Waals surface area contributed by atoms with Gasteiger partial charge in [0.1, 0.15) is 59.1 Å². The molecule has 5 amide bonds. The van der Waals surface area contributed by atoms with Crippen LogP contribution in [0.5, 0.6) is 0 Å². The fraction of sp³-hybridized carbons (Fsp3) is 0.345. The number of aliphatic hydroxyl groups excluding tert-OH is 1. The van der Waals surface area contributed by atoms with Crippen LogP contribution in [0.1, 0.15) is 252 Å². The molecule has 0 aliphatic carbocycles. The summed E-state index contributed by atoms with van der Waals surface area (Å²) in [6, 6.07) is 42.4. The third-order valence-electron chi connectivity index (χ3n) is 17.3. The number of nitrogens with one attached hydrogen (secondary N) is 5. The molecule has 9 aromatic carbocycles. The molecular weight excluding hydrogens is 1900 g/mol. The molecule has 9 aromatic rings. The molecule has 2 saturated heterocycles. The van der Waals surface area contributed by atoms with E-state index in [0.29, 0.717) is 16.9 Å². The lowest BCUT2D eigenvalue weighted by atomic mass is 9.75. The van der Waals surface area contributed by atoms with E-state index in [1.807, 2.05) is 42.5 Å². The predicted octanol–water partition coefficient (Wildman–Crippen LogP) is 22.6. The Labute approximate surface area is 896 Å².